The SMILES string of the molecule is C=CCO/C(=C/C(/C=C\Cc1ccccc1)c1ccccc1)Nc1cccc(-c2ccc3c(c2)c2ccccc2n3C(C)(C)C)c1. The van der Waals surface area contributed by atoms with Gasteiger partial charge in [-0.3, -0.25) is 0 Å². The zero-order valence-electron chi connectivity index (χ0n) is 27.0. The first kappa shape index (κ1) is 30.7. The van der Waals surface area contributed by atoms with Gasteiger partial charge in [0.1, 0.15) is 6.61 Å². The van der Waals surface area contributed by atoms with Gasteiger partial charge in [-0.1, -0.05) is 122 Å². The molecule has 1 unspecified atom stereocenters. The largest absolute Gasteiger partial charge is 0.475 e. The van der Waals surface area contributed by atoms with Gasteiger partial charge in [-0.2, -0.15) is 0 Å². The van der Waals surface area contributed by atoms with E-state index in [0.717, 1.165) is 17.7 Å². The van der Waals surface area contributed by atoms with E-state index in [1.807, 2.05) is 0 Å². The summed E-state index contributed by atoms with van der Waals surface area (Å²) in [7, 11) is 0. The lowest BCUT2D eigenvalue weighted by atomic mass is 9.97. The van der Waals surface area contributed by atoms with Crippen molar-refractivity contribution in [1.82, 2.24) is 4.57 Å². The Labute approximate surface area is 273 Å². The number of nitrogens with one attached hydrogen (secondary N) is 1. The number of ether oxygens (including phenoxy) is 1. The van der Waals surface area contributed by atoms with E-state index >= 15 is 0 Å². The van der Waals surface area contributed by atoms with Gasteiger partial charge in [0.05, 0.1) is 0 Å². The van der Waals surface area contributed by atoms with E-state index in [2.05, 4.69) is 183 Å². The van der Waals surface area contributed by atoms with Gasteiger partial charge < -0.3 is 14.6 Å². The van der Waals surface area contributed by atoms with E-state index in [9.17, 15) is 0 Å². The molecule has 0 aliphatic carbocycles. The van der Waals surface area contributed by atoms with Crippen LogP contribution in [0.1, 0.15) is 37.8 Å². The Kier molecular flexibility index (Phi) is 9.21. The molecule has 1 N–H and O–H groups in total. The van der Waals surface area contributed by atoms with Crippen LogP contribution >= 0.6 is 0 Å². The lowest BCUT2D eigenvalue weighted by molar-refractivity contribution is 0.252. The summed E-state index contributed by atoms with van der Waals surface area (Å²) in [5.41, 5.74) is 8.25. The molecule has 6 aromatic rings. The summed E-state index contributed by atoms with van der Waals surface area (Å²) < 4.78 is 8.64. The first-order valence-electron chi connectivity index (χ1n) is 16.0. The molecule has 6 rings (SSSR count). The Hall–Kier alpha value is -5.28. The van der Waals surface area contributed by atoms with Gasteiger partial charge in [-0.05, 0) is 85.9 Å². The Morgan fingerprint density at radius 3 is 2.22 bits per heavy atom. The molecule has 1 heterocycles. The van der Waals surface area contributed by atoms with Crippen LogP contribution in [-0.4, -0.2) is 11.2 Å². The van der Waals surface area contributed by atoms with Gasteiger partial charge >= 0.3 is 0 Å². The quantitative estimate of drug-likeness (QED) is 0.118. The first-order chi connectivity index (χ1) is 22.4. The normalized spacial score (nSPS) is 12.9. The van der Waals surface area contributed by atoms with Gasteiger partial charge in [0, 0.05) is 39.0 Å². The smallest absolute Gasteiger partial charge is 0.188 e. The monoisotopic (exact) mass is 602 g/mol. The first-order valence-corrected chi connectivity index (χ1v) is 16.0. The Bertz CT molecular complexity index is 1990. The van der Waals surface area contributed by atoms with Crippen molar-refractivity contribution in [3.8, 4) is 11.1 Å². The summed E-state index contributed by atoms with van der Waals surface area (Å²) in [6, 6.07) is 45.1. The molecule has 46 heavy (non-hydrogen) atoms. The summed E-state index contributed by atoms with van der Waals surface area (Å²) in [5.74, 6) is 0.724. The third kappa shape index (κ3) is 7.00. The predicted octanol–water partition coefficient (Wildman–Crippen LogP) is 11.3. The maximum atomic E-state index is 6.19. The molecular weight excluding hydrogens is 560 g/mol. The minimum Gasteiger partial charge on any atom is -0.475 e. The minimum absolute atomic E-state index is 0.0305. The van der Waals surface area contributed by atoms with Crippen LogP contribution in [0.2, 0.25) is 0 Å². The van der Waals surface area contributed by atoms with Gasteiger partial charge in [0.15, 0.2) is 5.88 Å². The Morgan fingerprint density at radius 2 is 1.46 bits per heavy atom. The number of benzene rings is 5. The average Bonchev–Trinajstić information content (AvgIpc) is 3.42. The number of nitrogens with zero attached hydrogens (tertiary/aromatic N) is 1. The number of para-hydroxylation sites is 1. The van der Waals surface area contributed by atoms with Gasteiger partial charge in [0.25, 0.3) is 0 Å². The van der Waals surface area contributed by atoms with Gasteiger partial charge in [0.2, 0.25) is 0 Å². The molecule has 0 amide bonds. The second kappa shape index (κ2) is 13.8. The fourth-order valence-corrected chi connectivity index (χ4v) is 6.13. The summed E-state index contributed by atoms with van der Waals surface area (Å²) in [4.78, 5) is 0. The van der Waals surface area contributed by atoms with Crippen LogP contribution in [-0.2, 0) is 16.7 Å². The molecule has 1 aromatic heterocycles. The molecule has 0 bridgehead atoms. The molecular formula is C43H42N2O. The molecule has 0 radical (unpaired) electrons. The standard InChI is InChI=1S/C43H42N2O/c1-5-28-46-42(31-35(33-19-10-7-11-20-33)21-14-18-32-16-8-6-9-17-32)44-37-23-15-22-34(29-37)36-26-27-41-39(30-36)38-24-12-13-25-40(38)45(41)43(2,3)4/h5-17,19-27,29-31,35,44H,1,18,28H2,2-4H3/b21-14-,42-31+. The van der Waals surface area contributed by atoms with Crippen LogP contribution in [0, 0.1) is 0 Å². The van der Waals surface area contributed by atoms with E-state index in [-0.39, 0.29) is 11.5 Å². The molecule has 230 valence electrons. The third-order valence-electron chi connectivity index (χ3n) is 8.22. The molecule has 0 aliphatic rings. The van der Waals surface area contributed by atoms with Crippen molar-refractivity contribution < 1.29 is 4.74 Å². The molecule has 0 fully saturated rings. The maximum Gasteiger partial charge on any atom is 0.188 e. The van der Waals surface area contributed by atoms with Crippen molar-refractivity contribution in [1.29, 1.82) is 0 Å². The van der Waals surface area contributed by atoms with E-state index in [0.29, 0.717) is 12.5 Å². The van der Waals surface area contributed by atoms with Crippen LogP contribution in [0.3, 0.4) is 0 Å². The number of hydrogen-bond acceptors (Lipinski definition) is 2. The third-order valence-corrected chi connectivity index (χ3v) is 8.22. The second-order valence-electron chi connectivity index (χ2n) is 12.6. The lowest BCUT2D eigenvalue weighted by Gasteiger charge is -2.24. The Morgan fingerprint density at radius 1 is 0.761 bits per heavy atom. The highest BCUT2D eigenvalue weighted by molar-refractivity contribution is 6.09. The van der Waals surface area contributed by atoms with Gasteiger partial charge in [-0.25, -0.2) is 0 Å². The summed E-state index contributed by atoms with van der Waals surface area (Å²) >= 11 is 0. The minimum atomic E-state index is -0.0325. The highest BCUT2D eigenvalue weighted by Gasteiger charge is 2.20. The molecule has 3 nitrogen and oxygen atoms in total. The fourth-order valence-electron chi connectivity index (χ4n) is 6.13. The Balaban J connectivity index is 1.32. The molecule has 0 saturated carbocycles. The second-order valence-corrected chi connectivity index (χ2v) is 12.6. The number of rotatable bonds is 11. The highest BCUT2D eigenvalue weighted by atomic mass is 16.5. The fraction of sp³-hybridized carbons (Fsp3) is 0.163. The van der Waals surface area contributed by atoms with E-state index < -0.39 is 0 Å². The van der Waals surface area contributed by atoms with Crippen molar-refractivity contribution in [3.05, 3.63) is 175 Å². The number of allylic oxidation sites excluding steroid dienone is 3. The molecule has 3 heteroatoms. The van der Waals surface area contributed by atoms with Crippen LogP contribution in [0.25, 0.3) is 32.9 Å². The zero-order chi connectivity index (χ0) is 31.9. The summed E-state index contributed by atoms with van der Waals surface area (Å²) in [6.07, 6.45) is 9.29. The van der Waals surface area contributed by atoms with Crippen LogP contribution < -0.4 is 5.32 Å². The van der Waals surface area contributed by atoms with E-state index in [4.69, 9.17) is 4.74 Å². The van der Waals surface area contributed by atoms with Crippen LogP contribution in [0.15, 0.2) is 164 Å². The molecule has 5 aromatic carbocycles. The number of fused-ring (bicyclic) bond motifs is 3. The predicted molar refractivity (Wildman–Crippen MR) is 196 cm³/mol. The van der Waals surface area contributed by atoms with Crippen molar-refractivity contribution >= 4 is 27.5 Å². The van der Waals surface area contributed by atoms with Gasteiger partial charge in [-0.15, -0.1) is 0 Å². The molecule has 0 aliphatic heterocycles. The number of anilines is 1. The van der Waals surface area contributed by atoms with Crippen molar-refractivity contribution in [2.45, 2.75) is 38.6 Å². The highest BCUT2D eigenvalue weighted by Crippen LogP contribution is 2.37. The van der Waals surface area contributed by atoms with Crippen molar-refractivity contribution in [3.63, 3.8) is 0 Å². The molecule has 0 spiro atoms. The van der Waals surface area contributed by atoms with Crippen LogP contribution in [0.5, 0.6) is 0 Å². The average molecular weight is 603 g/mol. The topological polar surface area (TPSA) is 26.2 Å². The van der Waals surface area contributed by atoms with E-state index in [1.54, 1.807) is 6.08 Å². The molecule has 1 atom stereocenters. The zero-order valence-corrected chi connectivity index (χ0v) is 27.0. The summed E-state index contributed by atoms with van der Waals surface area (Å²) in [5, 5.41) is 6.12. The van der Waals surface area contributed by atoms with E-state index in [1.165, 1.54) is 38.5 Å². The van der Waals surface area contributed by atoms with Crippen molar-refractivity contribution in [2.24, 2.45) is 0 Å². The molecule has 0 saturated heterocycles. The number of hydrogen-bond donors (Lipinski definition) is 1. The lowest BCUT2D eigenvalue weighted by Crippen LogP contribution is -2.21. The maximum absolute atomic E-state index is 6.19. The van der Waals surface area contributed by atoms with Crippen LogP contribution in [0.4, 0.5) is 5.69 Å². The van der Waals surface area contributed by atoms with Crippen molar-refractivity contribution in [2.75, 3.05) is 11.9 Å². The summed E-state index contributed by atoms with van der Waals surface area (Å²) in [6.45, 7) is 11.1. The number of aromatic nitrogens is 1.